The van der Waals surface area contributed by atoms with Gasteiger partial charge < -0.3 is 25.8 Å². The van der Waals surface area contributed by atoms with Crippen LogP contribution in [0.2, 0.25) is 0 Å². The van der Waals surface area contributed by atoms with Crippen LogP contribution in [0.25, 0.3) is 0 Å². The third-order valence-electron chi connectivity index (χ3n) is 2.44. The highest BCUT2D eigenvalue weighted by Gasteiger charge is 2.16. The van der Waals surface area contributed by atoms with E-state index in [9.17, 15) is 4.79 Å². The summed E-state index contributed by atoms with van der Waals surface area (Å²) in [7, 11) is 1.62. The Kier molecular flexibility index (Phi) is 7.27. The van der Waals surface area contributed by atoms with Crippen LogP contribution < -0.4 is 16.4 Å². The van der Waals surface area contributed by atoms with E-state index >= 15 is 0 Å². The third-order valence-corrected chi connectivity index (χ3v) is 3.47. The number of carbonyl (C=O) groups is 1. The monoisotopic (exact) mass is 302 g/mol. The second-order valence-corrected chi connectivity index (χ2v) is 5.13. The number of hydrogen-bond acceptors (Lipinski definition) is 7. The van der Waals surface area contributed by atoms with Crippen LogP contribution in [0.5, 0.6) is 0 Å². The van der Waals surface area contributed by atoms with Crippen molar-refractivity contribution >= 4 is 28.2 Å². The van der Waals surface area contributed by atoms with E-state index < -0.39 is 0 Å². The number of nitrogen functional groups attached to an aromatic ring is 1. The number of anilines is 2. The lowest BCUT2D eigenvalue weighted by molar-refractivity contribution is 0.0697. The van der Waals surface area contributed by atoms with Gasteiger partial charge in [0.05, 0.1) is 12.7 Å². The molecule has 4 N–H and O–H groups in total. The number of methoxy groups -OCH3 is 1. The van der Waals surface area contributed by atoms with Crippen LogP contribution in [-0.2, 0) is 9.47 Å². The average molecular weight is 302 g/mol. The van der Waals surface area contributed by atoms with Crippen LogP contribution in [0.15, 0.2) is 0 Å². The molecule has 1 heterocycles. The summed E-state index contributed by atoms with van der Waals surface area (Å²) in [4.78, 5) is 16.5. The van der Waals surface area contributed by atoms with Crippen LogP contribution in [0.1, 0.15) is 23.5 Å². The first kappa shape index (κ1) is 16.7. The summed E-state index contributed by atoms with van der Waals surface area (Å²) in [5.74, 6) is 0.00262. The van der Waals surface area contributed by atoms with Crippen molar-refractivity contribution < 1.29 is 14.3 Å². The molecule has 1 rings (SSSR count). The van der Waals surface area contributed by atoms with E-state index in [4.69, 9.17) is 15.2 Å². The zero-order valence-corrected chi connectivity index (χ0v) is 12.9. The maximum absolute atomic E-state index is 12.0. The van der Waals surface area contributed by atoms with Gasteiger partial charge in [-0.25, -0.2) is 4.98 Å². The second-order valence-electron chi connectivity index (χ2n) is 4.13. The number of aromatic nitrogens is 1. The van der Waals surface area contributed by atoms with Crippen molar-refractivity contribution in [2.24, 2.45) is 0 Å². The van der Waals surface area contributed by atoms with Crippen LogP contribution in [0, 0.1) is 0 Å². The molecule has 8 heteroatoms. The molecule has 0 aliphatic carbocycles. The van der Waals surface area contributed by atoms with Crippen molar-refractivity contribution in [1.29, 1.82) is 0 Å². The zero-order chi connectivity index (χ0) is 15.0. The number of thiazole rings is 1. The van der Waals surface area contributed by atoms with Gasteiger partial charge in [0.25, 0.3) is 5.91 Å². The Bertz CT molecular complexity index is 425. The van der Waals surface area contributed by atoms with Crippen molar-refractivity contribution in [2.45, 2.75) is 20.0 Å². The van der Waals surface area contributed by atoms with Gasteiger partial charge in [0, 0.05) is 26.8 Å². The molecule has 0 radical (unpaired) electrons. The molecule has 1 amide bonds. The molecule has 0 aliphatic rings. The zero-order valence-electron chi connectivity index (χ0n) is 12.1. The molecule has 114 valence electrons. The largest absolute Gasteiger partial charge is 0.383 e. The molecule has 0 fully saturated rings. The summed E-state index contributed by atoms with van der Waals surface area (Å²) in [5.41, 5.74) is 5.75. The topological polar surface area (TPSA) is 98.5 Å². The highest BCUT2D eigenvalue weighted by molar-refractivity contribution is 7.18. The van der Waals surface area contributed by atoms with Crippen molar-refractivity contribution in [3.8, 4) is 0 Å². The molecular formula is C12H22N4O3S. The number of carbonyl (C=O) groups excluding carboxylic acids is 1. The minimum Gasteiger partial charge on any atom is -0.383 e. The summed E-state index contributed by atoms with van der Waals surface area (Å²) in [6, 6.07) is 0. The number of amides is 1. The standard InChI is InChI=1S/C12H22N4O3S/c1-4-19-8(2)7-15-11(17)9-10(13)16-12(20-9)14-5-6-18-3/h8H,4-7,13H2,1-3H3,(H,14,16)(H,15,17). The summed E-state index contributed by atoms with van der Waals surface area (Å²) in [5, 5.41) is 6.44. The smallest absolute Gasteiger partial charge is 0.265 e. The molecule has 1 unspecified atom stereocenters. The molecule has 0 spiro atoms. The van der Waals surface area contributed by atoms with Gasteiger partial charge in [0.15, 0.2) is 5.13 Å². The summed E-state index contributed by atoms with van der Waals surface area (Å²) in [6.07, 6.45) is -0.0302. The fourth-order valence-corrected chi connectivity index (χ4v) is 2.32. The van der Waals surface area contributed by atoms with Crippen molar-refractivity contribution in [3.05, 3.63) is 4.88 Å². The molecular weight excluding hydrogens is 280 g/mol. The third kappa shape index (κ3) is 5.32. The lowest BCUT2D eigenvalue weighted by atomic mass is 10.4. The summed E-state index contributed by atoms with van der Waals surface area (Å²) >= 11 is 1.23. The van der Waals surface area contributed by atoms with Gasteiger partial charge in [-0.1, -0.05) is 11.3 Å². The van der Waals surface area contributed by atoms with Crippen molar-refractivity contribution in [1.82, 2.24) is 10.3 Å². The van der Waals surface area contributed by atoms with Crippen LogP contribution in [0.4, 0.5) is 10.9 Å². The maximum Gasteiger partial charge on any atom is 0.265 e. The quantitative estimate of drug-likeness (QED) is 0.587. The minimum atomic E-state index is -0.230. The Morgan fingerprint density at radius 3 is 2.95 bits per heavy atom. The molecule has 1 aromatic heterocycles. The Hall–Kier alpha value is -1.38. The Labute approximate surface area is 122 Å². The van der Waals surface area contributed by atoms with E-state index in [-0.39, 0.29) is 17.8 Å². The van der Waals surface area contributed by atoms with Crippen LogP contribution in [-0.4, -0.2) is 50.4 Å². The van der Waals surface area contributed by atoms with Gasteiger partial charge >= 0.3 is 0 Å². The molecule has 7 nitrogen and oxygen atoms in total. The molecule has 1 atom stereocenters. The first-order valence-corrected chi connectivity index (χ1v) is 7.29. The van der Waals surface area contributed by atoms with Gasteiger partial charge in [-0.2, -0.15) is 0 Å². The fraction of sp³-hybridized carbons (Fsp3) is 0.667. The molecule has 0 bridgehead atoms. The number of rotatable bonds is 9. The SMILES string of the molecule is CCOC(C)CNC(=O)c1sc(NCCOC)nc1N. The van der Waals surface area contributed by atoms with E-state index in [1.165, 1.54) is 11.3 Å². The fourth-order valence-electron chi connectivity index (χ4n) is 1.49. The Morgan fingerprint density at radius 1 is 1.55 bits per heavy atom. The molecule has 0 saturated carbocycles. The lowest BCUT2D eigenvalue weighted by Crippen LogP contribution is -2.32. The second kappa shape index (κ2) is 8.72. The van der Waals surface area contributed by atoms with Gasteiger partial charge in [-0.15, -0.1) is 0 Å². The highest BCUT2D eigenvalue weighted by atomic mass is 32.1. The number of hydrogen-bond donors (Lipinski definition) is 3. The molecule has 20 heavy (non-hydrogen) atoms. The first-order chi connectivity index (χ1) is 9.58. The van der Waals surface area contributed by atoms with E-state index in [1.807, 2.05) is 13.8 Å². The first-order valence-electron chi connectivity index (χ1n) is 6.47. The van der Waals surface area contributed by atoms with E-state index in [2.05, 4.69) is 15.6 Å². The van der Waals surface area contributed by atoms with E-state index in [0.29, 0.717) is 36.3 Å². The Balaban J connectivity index is 2.51. The normalized spacial score (nSPS) is 12.2. The van der Waals surface area contributed by atoms with Gasteiger partial charge in [0.2, 0.25) is 0 Å². The van der Waals surface area contributed by atoms with Crippen molar-refractivity contribution in [3.63, 3.8) is 0 Å². The Morgan fingerprint density at radius 2 is 2.30 bits per heavy atom. The number of nitrogens with two attached hydrogens (primary N) is 1. The van der Waals surface area contributed by atoms with Gasteiger partial charge in [0.1, 0.15) is 10.7 Å². The molecule has 0 saturated heterocycles. The minimum absolute atomic E-state index is 0.0302. The number of nitrogens with zero attached hydrogens (tertiary/aromatic N) is 1. The predicted octanol–water partition coefficient (Wildman–Crippen LogP) is 0.938. The maximum atomic E-state index is 12.0. The van der Waals surface area contributed by atoms with E-state index in [0.717, 1.165) is 0 Å². The van der Waals surface area contributed by atoms with Crippen LogP contribution >= 0.6 is 11.3 Å². The summed E-state index contributed by atoms with van der Waals surface area (Å²) < 4.78 is 10.3. The summed E-state index contributed by atoms with van der Waals surface area (Å²) in [6.45, 7) is 6.05. The van der Waals surface area contributed by atoms with Gasteiger partial charge in [-0.05, 0) is 13.8 Å². The molecule has 0 aliphatic heterocycles. The number of nitrogens with one attached hydrogen (secondary N) is 2. The molecule has 1 aromatic rings. The van der Waals surface area contributed by atoms with E-state index in [1.54, 1.807) is 7.11 Å². The highest BCUT2D eigenvalue weighted by Crippen LogP contribution is 2.24. The average Bonchev–Trinajstić information content (AvgIpc) is 2.78. The van der Waals surface area contributed by atoms with Gasteiger partial charge in [-0.3, -0.25) is 4.79 Å². The van der Waals surface area contributed by atoms with Crippen molar-refractivity contribution in [2.75, 3.05) is 44.5 Å². The predicted molar refractivity (Wildman–Crippen MR) is 80.3 cm³/mol. The van der Waals surface area contributed by atoms with Crippen LogP contribution in [0.3, 0.4) is 0 Å². The number of ether oxygens (including phenoxy) is 2. The lowest BCUT2D eigenvalue weighted by Gasteiger charge is -2.11. The molecule has 0 aromatic carbocycles.